The van der Waals surface area contributed by atoms with Crippen LogP contribution in [0.3, 0.4) is 0 Å². The minimum atomic E-state index is 1.04. The minimum Gasteiger partial charge on any atom is -0.220 e. The largest absolute Gasteiger partial charge is 0.220 e. The highest BCUT2D eigenvalue weighted by Crippen LogP contribution is 2.29. The highest BCUT2D eigenvalue weighted by Gasteiger charge is 2.10. The van der Waals surface area contributed by atoms with Gasteiger partial charge in [0, 0.05) is 29.0 Å². The number of hydrogen-bond donors (Lipinski definition) is 0. The normalized spacial score (nSPS) is 15.2. The van der Waals surface area contributed by atoms with E-state index in [-0.39, 0.29) is 0 Å². The molecule has 1 aliphatic rings. The molecule has 1 heterocycles. The highest BCUT2D eigenvalue weighted by atomic mass is 32.2. The Morgan fingerprint density at radius 1 is 1.42 bits per heavy atom. The average molecular weight is 177 g/mol. The summed E-state index contributed by atoms with van der Waals surface area (Å²) in [4.78, 5) is 1.31. The fourth-order valence-corrected chi connectivity index (χ4v) is 2.11. The van der Waals surface area contributed by atoms with Gasteiger partial charge >= 0.3 is 0 Å². The van der Waals surface area contributed by atoms with Crippen LogP contribution in [0.5, 0.6) is 0 Å². The van der Waals surface area contributed by atoms with Crippen molar-refractivity contribution in [1.82, 2.24) is 0 Å². The van der Waals surface area contributed by atoms with E-state index in [1.54, 1.807) is 11.9 Å². The molecule has 0 aromatic heterocycles. The quantitative estimate of drug-likeness (QED) is 0.600. The van der Waals surface area contributed by atoms with E-state index in [4.69, 9.17) is 0 Å². The summed E-state index contributed by atoms with van der Waals surface area (Å²) in [6.07, 6.45) is 2.11. The maximum absolute atomic E-state index is 4.42. The molecule has 0 radical (unpaired) electrons. The van der Waals surface area contributed by atoms with Crippen LogP contribution in [-0.2, 0) is 6.42 Å². The van der Waals surface area contributed by atoms with E-state index in [2.05, 4.69) is 35.6 Å². The maximum atomic E-state index is 4.42. The summed E-state index contributed by atoms with van der Waals surface area (Å²) in [6.45, 7) is 2.16. The van der Waals surface area contributed by atoms with Gasteiger partial charge in [-0.1, -0.05) is 25.1 Å². The fraction of sp³-hybridized carbons (Fsp3) is 0.300. The van der Waals surface area contributed by atoms with E-state index in [0.29, 0.717) is 0 Å². The lowest BCUT2D eigenvalue weighted by Gasteiger charge is -2.13. The number of rotatable bonds is 1. The summed E-state index contributed by atoms with van der Waals surface area (Å²) < 4.78 is 4.42. The molecule has 1 aromatic carbocycles. The first-order valence-electron chi connectivity index (χ1n) is 4.21. The predicted molar refractivity (Wildman–Crippen MR) is 53.7 cm³/mol. The molecule has 0 atom stereocenters. The Labute approximate surface area is 77.0 Å². The van der Waals surface area contributed by atoms with E-state index < -0.39 is 0 Å². The van der Waals surface area contributed by atoms with Gasteiger partial charge in [0.2, 0.25) is 0 Å². The summed E-state index contributed by atoms with van der Waals surface area (Å²) >= 11 is 1.61. The van der Waals surface area contributed by atoms with Gasteiger partial charge in [-0.25, -0.2) is 4.40 Å². The molecule has 2 heteroatoms. The van der Waals surface area contributed by atoms with Crippen molar-refractivity contribution in [1.29, 1.82) is 0 Å². The molecule has 1 aromatic rings. The van der Waals surface area contributed by atoms with E-state index in [1.807, 2.05) is 0 Å². The van der Waals surface area contributed by atoms with E-state index in [9.17, 15) is 0 Å². The van der Waals surface area contributed by atoms with Crippen LogP contribution >= 0.6 is 11.9 Å². The lowest BCUT2D eigenvalue weighted by Crippen LogP contribution is -2.05. The summed E-state index contributed by atoms with van der Waals surface area (Å²) in [5.74, 6) is 0. The molecule has 1 aliphatic heterocycles. The molecule has 0 saturated heterocycles. The van der Waals surface area contributed by atoms with Crippen molar-refractivity contribution in [3.8, 4) is 0 Å². The molecule has 0 amide bonds. The monoisotopic (exact) mass is 177 g/mol. The molecule has 62 valence electrons. The Hall–Kier alpha value is -0.760. The van der Waals surface area contributed by atoms with Crippen molar-refractivity contribution in [2.45, 2.75) is 24.7 Å². The molecule has 0 saturated carbocycles. The Kier molecular flexibility index (Phi) is 2.17. The number of nitrogens with zero attached hydrogens (tertiary/aromatic N) is 1. The van der Waals surface area contributed by atoms with Crippen LogP contribution in [0.25, 0.3) is 0 Å². The Balaban J connectivity index is 2.31. The first-order valence-corrected chi connectivity index (χ1v) is 4.98. The first-order chi connectivity index (χ1) is 5.90. The fourth-order valence-electron chi connectivity index (χ4n) is 1.29. The van der Waals surface area contributed by atoms with Crippen molar-refractivity contribution in [3.05, 3.63) is 29.8 Å². The summed E-state index contributed by atoms with van der Waals surface area (Å²) in [5, 5.41) is 0. The van der Waals surface area contributed by atoms with Gasteiger partial charge in [-0.15, -0.1) is 0 Å². The second-order valence-corrected chi connectivity index (χ2v) is 3.69. The zero-order valence-electron chi connectivity index (χ0n) is 7.08. The highest BCUT2D eigenvalue weighted by molar-refractivity contribution is 7.98. The summed E-state index contributed by atoms with van der Waals surface area (Å²) in [6, 6.07) is 8.49. The van der Waals surface area contributed by atoms with Crippen molar-refractivity contribution < 1.29 is 0 Å². The van der Waals surface area contributed by atoms with Crippen LogP contribution in [0.1, 0.15) is 18.9 Å². The van der Waals surface area contributed by atoms with Gasteiger partial charge < -0.3 is 0 Å². The van der Waals surface area contributed by atoms with Gasteiger partial charge in [-0.05, 0) is 18.1 Å². The molecular formula is C10H11NS. The predicted octanol–water partition coefficient (Wildman–Crippen LogP) is 3.10. The molecule has 0 spiro atoms. The molecule has 12 heavy (non-hydrogen) atoms. The molecule has 0 unspecified atom stereocenters. The minimum absolute atomic E-state index is 1.04. The summed E-state index contributed by atoms with van der Waals surface area (Å²) in [5.41, 5.74) is 2.73. The van der Waals surface area contributed by atoms with E-state index in [1.165, 1.54) is 16.2 Å². The lowest BCUT2D eigenvalue weighted by molar-refractivity contribution is 1.13. The van der Waals surface area contributed by atoms with Gasteiger partial charge in [-0.2, -0.15) is 0 Å². The van der Waals surface area contributed by atoms with Gasteiger partial charge in [0.1, 0.15) is 0 Å². The van der Waals surface area contributed by atoms with Crippen LogP contribution in [0.15, 0.2) is 33.6 Å². The number of fused-ring (bicyclic) bond motifs is 1. The van der Waals surface area contributed by atoms with Crippen LogP contribution in [0, 0.1) is 0 Å². The molecule has 2 rings (SSSR count). The van der Waals surface area contributed by atoms with Crippen molar-refractivity contribution in [3.63, 3.8) is 0 Å². The lowest BCUT2D eigenvalue weighted by atomic mass is 10.1. The molecule has 0 bridgehead atoms. The molecule has 0 fully saturated rings. The zero-order valence-corrected chi connectivity index (χ0v) is 7.90. The Morgan fingerprint density at radius 2 is 2.25 bits per heavy atom. The van der Waals surface area contributed by atoms with Crippen LogP contribution in [-0.4, -0.2) is 5.71 Å². The van der Waals surface area contributed by atoms with Gasteiger partial charge in [0.05, 0.1) is 0 Å². The topological polar surface area (TPSA) is 12.4 Å². The molecule has 0 aliphatic carbocycles. The second kappa shape index (κ2) is 3.31. The third-order valence-corrected chi connectivity index (χ3v) is 2.99. The smallest absolute Gasteiger partial charge is 0.0341 e. The third-order valence-electron chi connectivity index (χ3n) is 2.05. The van der Waals surface area contributed by atoms with Crippen molar-refractivity contribution in [2.24, 2.45) is 4.40 Å². The molecular weight excluding hydrogens is 166 g/mol. The third kappa shape index (κ3) is 1.39. The van der Waals surface area contributed by atoms with Gasteiger partial charge in [-0.3, -0.25) is 0 Å². The first kappa shape index (κ1) is 7.87. The van der Waals surface area contributed by atoms with Gasteiger partial charge in [0.25, 0.3) is 0 Å². The summed E-state index contributed by atoms with van der Waals surface area (Å²) in [7, 11) is 0. The number of hydrogen-bond acceptors (Lipinski definition) is 2. The maximum Gasteiger partial charge on any atom is 0.0341 e. The Morgan fingerprint density at radius 3 is 3.08 bits per heavy atom. The Bertz CT molecular complexity index is 317. The van der Waals surface area contributed by atoms with Crippen LogP contribution < -0.4 is 0 Å². The zero-order chi connectivity index (χ0) is 8.39. The number of benzene rings is 1. The van der Waals surface area contributed by atoms with Crippen molar-refractivity contribution >= 4 is 17.7 Å². The van der Waals surface area contributed by atoms with Crippen LogP contribution in [0.4, 0.5) is 0 Å². The van der Waals surface area contributed by atoms with Gasteiger partial charge in [0.15, 0.2) is 0 Å². The second-order valence-electron chi connectivity index (χ2n) is 2.89. The average Bonchev–Trinajstić information content (AvgIpc) is 2.17. The SMILES string of the molecule is CCC1=NSc2ccccc2C1. The molecule has 1 nitrogen and oxygen atoms in total. The van der Waals surface area contributed by atoms with E-state index in [0.717, 1.165) is 12.8 Å². The van der Waals surface area contributed by atoms with E-state index >= 15 is 0 Å². The molecule has 0 N–H and O–H groups in total. The van der Waals surface area contributed by atoms with Crippen LogP contribution in [0.2, 0.25) is 0 Å². The standard InChI is InChI=1S/C10H11NS/c1-2-9-7-8-5-3-4-6-10(8)12-11-9/h3-6H,2,7H2,1H3. The van der Waals surface area contributed by atoms with Crippen molar-refractivity contribution in [2.75, 3.05) is 0 Å².